The molecule has 1 aliphatic rings. The van der Waals surface area contributed by atoms with Gasteiger partial charge in [0.1, 0.15) is 5.82 Å². The van der Waals surface area contributed by atoms with E-state index in [2.05, 4.69) is 46.9 Å². The first kappa shape index (κ1) is 15.9. The number of hydrogen-bond acceptors (Lipinski definition) is 2. The topological polar surface area (TPSA) is 15.3 Å². The third-order valence-electron chi connectivity index (χ3n) is 4.13. The molecule has 1 saturated heterocycles. The lowest BCUT2D eigenvalue weighted by Gasteiger charge is -2.46. The lowest BCUT2D eigenvalue weighted by atomic mass is 9.95. The maximum absolute atomic E-state index is 14.0. The normalized spacial score (nSPS) is 22.9. The Kier molecular flexibility index (Phi) is 5.21. The van der Waals surface area contributed by atoms with Gasteiger partial charge in [0.2, 0.25) is 0 Å². The predicted octanol–water partition coefficient (Wildman–Crippen LogP) is 3.94. The number of benzene rings is 1. The van der Waals surface area contributed by atoms with Crippen LogP contribution in [-0.4, -0.2) is 29.6 Å². The van der Waals surface area contributed by atoms with Crippen LogP contribution in [0, 0.1) is 5.82 Å². The van der Waals surface area contributed by atoms with Gasteiger partial charge in [0.05, 0.1) is 0 Å². The molecule has 2 nitrogen and oxygen atoms in total. The van der Waals surface area contributed by atoms with Gasteiger partial charge in [0.25, 0.3) is 0 Å². The average molecular weight is 343 g/mol. The largest absolute Gasteiger partial charge is 0.311 e. The third-order valence-corrected chi connectivity index (χ3v) is 4.63. The van der Waals surface area contributed by atoms with E-state index in [1.807, 2.05) is 12.1 Å². The first-order valence-corrected chi connectivity index (χ1v) is 8.14. The highest BCUT2D eigenvalue weighted by Gasteiger charge is 2.33. The Morgan fingerprint density at radius 1 is 1.45 bits per heavy atom. The van der Waals surface area contributed by atoms with Gasteiger partial charge in [0.15, 0.2) is 0 Å². The van der Waals surface area contributed by atoms with E-state index in [1.54, 1.807) is 6.07 Å². The molecule has 4 heteroatoms. The van der Waals surface area contributed by atoms with Crippen molar-refractivity contribution in [1.29, 1.82) is 0 Å². The maximum Gasteiger partial charge on any atom is 0.128 e. The fraction of sp³-hybridized carbons (Fsp3) is 0.625. The molecule has 1 aromatic carbocycles. The van der Waals surface area contributed by atoms with Crippen LogP contribution >= 0.6 is 15.9 Å². The van der Waals surface area contributed by atoms with E-state index in [9.17, 15) is 4.39 Å². The molecule has 0 radical (unpaired) electrons. The van der Waals surface area contributed by atoms with E-state index in [0.717, 1.165) is 23.1 Å². The summed E-state index contributed by atoms with van der Waals surface area (Å²) < 4.78 is 14.8. The quantitative estimate of drug-likeness (QED) is 0.891. The number of nitrogens with one attached hydrogen (secondary N) is 1. The molecule has 20 heavy (non-hydrogen) atoms. The Labute approximate surface area is 129 Å². The Balaban J connectivity index is 2.11. The van der Waals surface area contributed by atoms with Crippen LogP contribution in [0.3, 0.4) is 0 Å². The molecule has 1 unspecified atom stereocenters. The molecular formula is C16H24BrFN2. The molecule has 1 aromatic rings. The number of hydrogen-bond donors (Lipinski definition) is 1. The minimum Gasteiger partial charge on any atom is -0.311 e. The molecule has 0 aliphatic carbocycles. The van der Waals surface area contributed by atoms with E-state index >= 15 is 0 Å². The zero-order chi connectivity index (χ0) is 14.8. The first-order valence-electron chi connectivity index (χ1n) is 7.34. The summed E-state index contributed by atoms with van der Waals surface area (Å²) in [5.41, 5.74) is 0.836. The van der Waals surface area contributed by atoms with Crippen molar-refractivity contribution in [1.82, 2.24) is 10.2 Å². The van der Waals surface area contributed by atoms with Crippen molar-refractivity contribution >= 4 is 15.9 Å². The van der Waals surface area contributed by atoms with Crippen LogP contribution in [0.4, 0.5) is 4.39 Å². The van der Waals surface area contributed by atoms with Gasteiger partial charge in [0, 0.05) is 41.3 Å². The van der Waals surface area contributed by atoms with Gasteiger partial charge >= 0.3 is 0 Å². The zero-order valence-corrected chi connectivity index (χ0v) is 14.1. The van der Waals surface area contributed by atoms with Crippen molar-refractivity contribution in [2.45, 2.75) is 51.7 Å². The Morgan fingerprint density at radius 3 is 2.85 bits per heavy atom. The predicted molar refractivity (Wildman–Crippen MR) is 85.3 cm³/mol. The van der Waals surface area contributed by atoms with Crippen molar-refractivity contribution in [2.75, 3.05) is 13.1 Å². The summed E-state index contributed by atoms with van der Waals surface area (Å²) in [5.74, 6) is -0.124. The summed E-state index contributed by atoms with van der Waals surface area (Å²) in [7, 11) is 0. The van der Waals surface area contributed by atoms with Crippen LogP contribution in [0.25, 0.3) is 0 Å². The molecule has 0 spiro atoms. The van der Waals surface area contributed by atoms with Crippen molar-refractivity contribution in [2.24, 2.45) is 0 Å². The number of halogens is 2. The molecule has 1 heterocycles. The SMILES string of the molecule is CCCC1CN(Cc2ccc(Br)cc2F)C(C)(C)CN1. The van der Waals surface area contributed by atoms with Crippen molar-refractivity contribution in [3.63, 3.8) is 0 Å². The number of piperazine rings is 1. The minimum absolute atomic E-state index is 0.0593. The summed E-state index contributed by atoms with van der Waals surface area (Å²) in [6.07, 6.45) is 2.36. The van der Waals surface area contributed by atoms with E-state index in [1.165, 1.54) is 12.8 Å². The van der Waals surface area contributed by atoms with Crippen LogP contribution in [0.1, 0.15) is 39.2 Å². The van der Waals surface area contributed by atoms with Crippen molar-refractivity contribution < 1.29 is 4.39 Å². The molecule has 0 bridgehead atoms. The average Bonchev–Trinajstić information content (AvgIpc) is 2.37. The van der Waals surface area contributed by atoms with Crippen LogP contribution in [-0.2, 0) is 6.54 Å². The highest BCUT2D eigenvalue weighted by Crippen LogP contribution is 2.24. The molecular weight excluding hydrogens is 319 g/mol. The molecule has 1 aliphatic heterocycles. The minimum atomic E-state index is -0.124. The maximum atomic E-state index is 14.0. The van der Waals surface area contributed by atoms with E-state index in [-0.39, 0.29) is 11.4 Å². The summed E-state index contributed by atoms with van der Waals surface area (Å²) in [6, 6.07) is 5.86. The number of nitrogens with zero attached hydrogens (tertiary/aromatic N) is 1. The van der Waals surface area contributed by atoms with Gasteiger partial charge in [-0.3, -0.25) is 4.90 Å². The third kappa shape index (κ3) is 3.80. The van der Waals surface area contributed by atoms with E-state index in [0.29, 0.717) is 12.6 Å². The fourth-order valence-electron chi connectivity index (χ4n) is 2.76. The van der Waals surface area contributed by atoms with Crippen LogP contribution in [0.2, 0.25) is 0 Å². The molecule has 0 aromatic heterocycles. The Morgan fingerprint density at radius 2 is 2.20 bits per heavy atom. The summed E-state index contributed by atoms with van der Waals surface area (Å²) in [4.78, 5) is 2.40. The smallest absolute Gasteiger partial charge is 0.128 e. The van der Waals surface area contributed by atoms with E-state index < -0.39 is 0 Å². The van der Waals surface area contributed by atoms with Gasteiger partial charge < -0.3 is 5.32 Å². The second kappa shape index (κ2) is 6.54. The Hall–Kier alpha value is -0.450. The lowest BCUT2D eigenvalue weighted by Crippen LogP contribution is -2.61. The van der Waals surface area contributed by atoms with Crippen LogP contribution in [0.15, 0.2) is 22.7 Å². The van der Waals surface area contributed by atoms with Gasteiger partial charge in [-0.25, -0.2) is 4.39 Å². The van der Waals surface area contributed by atoms with Gasteiger partial charge in [-0.1, -0.05) is 35.3 Å². The summed E-state index contributed by atoms with van der Waals surface area (Å²) in [5, 5.41) is 3.61. The van der Waals surface area contributed by atoms with Crippen molar-refractivity contribution in [3.05, 3.63) is 34.1 Å². The highest BCUT2D eigenvalue weighted by atomic mass is 79.9. The molecule has 0 amide bonds. The van der Waals surface area contributed by atoms with E-state index in [4.69, 9.17) is 0 Å². The zero-order valence-electron chi connectivity index (χ0n) is 12.5. The second-order valence-corrected chi connectivity index (χ2v) is 7.21. The molecule has 1 N–H and O–H groups in total. The van der Waals surface area contributed by atoms with Gasteiger partial charge in [-0.2, -0.15) is 0 Å². The molecule has 1 fully saturated rings. The Bertz CT molecular complexity index is 462. The van der Waals surface area contributed by atoms with Gasteiger partial charge in [-0.15, -0.1) is 0 Å². The molecule has 112 valence electrons. The highest BCUT2D eigenvalue weighted by molar-refractivity contribution is 9.10. The monoisotopic (exact) mass is 342 g/mol. The molecule has 2 rings (SSSR count). The van der Waals surface area contributed by atoms with Crippen LogP contribution in [0.5, 0.6) is 0 Å². The number of rotatable bonds is 4. The molecule has 0 saturated carbocycles. The second-order valence-electron chi connectivity index (χ2n) is 6.30. The summed E-state index contributed by atoms with van der Waals surface area (Å²) in [6.45, 7) is 9.26. The first-order chi connectivity index (χ1) is 9.42. The van der Waals surface area contributed by atoms with Crippen LogP contribution < -0.4 is 5.32 Å². The lowest BCUT2D eigenvalue weighted by molar-refractivity contribution is 0.0554. The molecule has 1 atom stereocenters. The fourth-order valence-corrected chi connectivity index (χ4v) is 3.09. The van der Waals surface area contributed by atoms with Gasteiger partial charge in [-0.05, 0) is 32.4 Å². The van der Waals surface area contributed by atoms with Crippen molar-refractivity contribution in [3.8, 4) is 0 Å². The standard InChI is InChI=1S/C16H24BrFN2/c1-4-5-14-10-20(16(2,3)11-19-14)9-12-6-7-13(17)8-15(12)18/h6-8,14,19H,4-5,9-11H2,1-3H3. The summed E-state index contributed by atoms with van der Waals surface area (Å²) >= 11 is 3.31.